The van der Waals surface area contributed by atoms with Crippen LogP contribution in [0.25, 0.3) is 11.1 Å². The molecule has 11 nitrogen and oxygen atoms in total. The molecule has 4 aliphatic heterocycles. The van der Waals surface area contributed by atoms with E-state index < -0.39 is 12.0 Å². The van der Waals surface area contributed by atoms with Gasteiger partial charge in [-0.1, -0.05) is 18.2 Å². The second-order valence-electron chi connectivity index (χ2n) is 16.1. The second kappa shape index (κ2) is 15.6. The first-order valence-electron chi connectivity index (χ1n) is 20.4. The highest BCUT2D eigenvalue weighted by Gasteiger charge is 2.39. The van der Waals surface area contributed by atoms with Crippen LogP contribution in [-0.4, -0.2) is 95.4 Å². The van der Waals surface area contributed by atoms with Crippen LogP contribution < -0.4 is 15.1 Å². The van der Waals surface area contributed by atoms with Crippen molar-refractivity contribution in [2.24, 2.45) is 5.92 Å². The number of aromatic nitrogens is 1. The number of fused-ring (bicyclic) bond motifs is 2. The van der Waals surface area contributed by atoms with Crippen molar-refractivity contribution in [3.63, 3.8) is 0 Å². The standard InChI is InChI=1S/C46H48N6O5/c53-42-13-12-41(44(54)48-42)52-29-35-27-37(9-11-40(35)45(52)55)51-24-22-49(23-25-51)28-30-16-20-50(21-17-30)36-7-4-32(5-8-36)43-38(31-14-18-47-19-15-31)3-1-2-33-26-34(46(56)57)6-10-39(33)43/h4-11,14-15,18-19,26-27,30,41H,1-3,12-13,16-17,20-25,28-29H2,(H,56,57)(H,48,53,54)/t41-/m0/s1. The predicted octanol–water partition coefficient (Wildman–Crippen LogP) is 5.87. The van der Waals surface area contributed by atoms with E-state index in [4.69, 9.17) is 0 Å². The number of imide groups is 1. The van der Waals surface area contributed by atoms with Gasteiger partial charge in [-0.2, -0.15) is 0 Å². The number of nitrogens with zero attached hydrogens (tertiary/aromatic N) is 5. The number of carboxylic acid groups (broad SMARTS) is 1. The number of nitrogens with one attached hydrogen (secondary N) is 1. The maximum Gasteiger partial charge on any atom is 0.335 e. The summed E-state index contributed by atoms with van der Waals surface area (Å²) in [6.07, 6.45) is 9.31. The Kier molecular flexibility index (Phi) is 10.1. The fourth-order valence-corrected chi connectivity index (χ4v) is 9.62. The van der Waals surface area contributed by atoms with Crippen molar-refractivity contribution in [1.82, 2.24) is 20.1 Å². The zero-order valence-electron chi connectivity index (χ0n) is 32.2. The van der Waals surface area contributed by atoms with Crippen LogP contribution in [0.1, 0.15) is 87.1 Å². The molecule has 0 unspecified atom stereocenters. The average molecular weight is 765 g/mol. The highest BCUT2D eigenvalue weighted by molar-refractivity contribution is 6.05. The molecule has 0 saturated carbocycles. The number of anilines is 2. The van der Waals surface area contributed by atoms with E-state index in [1.165, 1.54) is 16.8 Å². The van der Waals surface area contributed by atoms with Crippen LogP contribution in [0.2, 0.25) is 0 Å². The maximum absolute atomic E-state index is 13.2. The fourth-order valence-electron chi connectivity index (χ4n) is 9.62. The van der Waals surface area contributed by atoms with Crippen molar-refractivity contribution in [3.8, 4) is 0 Å². The number of rotatable bonds is 8. The van der Waals surface area contributed by atoms with Crippen LogP contribution in [-0.2, 0) is 22.6 Å². The van der Waals surface area contributed by atoms with E-state index in [1.54, 1.807) is 11.0 Å². The summed E-state index contributed by atoms with van der Waals surface area (Å²) < 4.78 is 0. The van der Waals surface area contributed by atoms with E-state index >= 15 is 0 Å². The molecule has 0 spiro atoms. The van der Waals surface area contributed by atoms with Crippen molar-refractivity contribution in [1.29, 1.82) is 0 Å². The maximum atomic E-state index is 13.2. The van der Waals surface area contributed by atoms with E-state index in [1.807, 2.05) is 36.7 Å². The zero-order valence-corrected chi connectivity index (χ0v) is 32.2. The van der Waals surface area contributed by atoms with Crippen LogP contribution in [0.15, 0.2) is 85.2 Å². The summed E-state index contributed by atoms with van der Waals surface area (Å²) in [5, 5.41) is 12.1. The van der Waals surface area contributed by atoms with Gasteiger partial charge < -0.3 is 19.8 Å². The lowest BCUT2D eigenvalue weighted by molar-refractivity contribution is -0.136. The monoisotopic (exact) mass is 764 g/mol. The Morgan fingerprint density at radius 2 is 1.44 bits per heavy atom. The lowest BCUT2D eigenvalue weighted by Gasteiger charge is -2.40. The number of piperidine rings is 2. The molecule has 0 radical (unpaired) electrons. The summed E-state index contributed by atoms with van der Waals surface area (Å²) in [6, 6.07) is 24.2. The molecule has 4 aromatic rings. The number of allylic oxidation sites excluding steroid dienone is 1. The lowest BCUT2D eigenvalue weighted by Crippen LogP contribution is -2.52. The number of carbonyl (C=O) groups is 4. The van der Waals surface area contributed by atoms with Crippen LogP contribution in [0.3, 0.4) is 0 Å². The molecular formula is C46H48N6O5. The van der Waals surface area contributed by atoms with Gasteiger partial charge in [0.25, 0.3) is 5.91 Å². The predicted molar refractivity (Wildman–Crippen MR) is 219 cm³/mol. The first-order valence-corrected chi connectivity index (χ1v) is 20.4. The number of benzene rings is 3. The summed E-state index contributed by atoms with van der Waals surface area (Å²) in [7, 11) is 0. The third-order valence-electron chi connectivity index (χ3n) is 12.7. The molecule has 3 saturated heterocycles. The molecule has 57 heavy (non-hydrogen) atoms. The van der Waals surface area contributed by atoms with Gasteiger partial charge in [-0.05, 0) is 138 Å². The van der Waals surface area contributed by atoms with Gasteiger partial charge in [0.1, 0.15) is 6.04 Å². The minimum atomic E-state index is -0.896. The highest BCUT2D eigenvalue weighted by Crippen LogP contribution is 2.41. The molecule has 3 fully saturated rings. The molecule has 5 heterocycles. The lowest BCUT2D eigenvalue weighted by atomic mass is 9.87. The normalized spacial score (nSPS) is 20.7. The zero-order chi connectivity index (χ0) is 39.0. The minimum Gasteiger partial charge on any atom is -0.478 e. The van der Waals surface area contributed by atoms with Gasteiger partial charge in [-0.15, -0.1) is 0 Å². The number of pyridine rings is 1. The van der Waals surface area contributed by atoms with Gasteiger partial charge in [0.2, 0.25) is 11.8 Å². The van der Waals surface area contributed by atoms with E-state index in [0.29, 0.717) is 30.0 Å². The van der Waals surface area contributed by atoms with Gasteiger partial charge >= 0.3 is 5.97 Å². The Morgan fingerprint density at radius 3 is 2.18 bits per heavy atom. The Labute approximate surface area is 333 Å². The summed E-state index contributed by atoms with van der Waals surface area (Å²) in [4.78, 5) is 62.5. The van der Waals surface area contributed by atoms with Crippen LogP contribution >= 0.6 is 0 Å². The van der Waals surface area contributed by atoms with E-state index in [-0.39, 0.29) is 24.1 Å². The quantitative estimate of drug-likeness (QED) is 0.212. The number of hydrogen-bond acceptors (Lipinski definition) is 8. The molecule has 5 aliphatic rings. The number of aromatic carboxylic acids is 1. The number of carboxylic acids is 1. The smallest absolute Gasteiger partial charge is 0.335 e. The Morgan fingerprint density at radius 1 is 0.719 bits per heavy atom. The van der Waals surface area contributed by atoms with E-state index in [9.17, 15) is 24.3 Å². The molecule has 9 rings (SSSR count). The number of amides is 3. The molecule has 0 bridgehead atoms. The van der Waals surface area contributed by atoms with Crippen molar-refractivity contribution < 1.29 is 24.3 Å². The third kappa shape index (κ3) is 7.44. The number of hydrogen-bond donors (Lipinski definition) is 2. The van der Waals surface area contributed by atoms with Gasteiger partial charge in [0.05, 0.1) is 5.56 Å². The molecule has 292 valence electrons. The number of piperazine rings is 1. The second-order valence-corrected chi connectivity index (χ2v) is 16.1. The van der Waals surface area contributed by atoms with Gasteiger partial charge in [-0.3, -0.25) is 29.6 Å². The van der Waals surface area contributed by atoms with E-state index in [2.05, 4.69) is 67.5 Å². The van der Waals surface area contributed by atoms with Gasteiger partial charge in [0.15, 0.2) is 0 Å². The molecular weight excluding hydrogens is 717 g/mol. The van der Waals surface area contributed by atoms with Crippen molar-refractivity contribution in [3.05, 3.63) is 124 Å². The van der Waals surface area contributed by atoms with Crippen LogP contribution in [0.4, 0.5) is 11.4 Å². The summed E-state index contributed by atoms with van der Waals surface area (Å²) >= 11 is 0. The molecule has 11 heteroatoms. The molecule has 3 aromatic carbocycles. The Bertz CT molecular complexity index is 2240. The third-order valence-corrected chi connectivity index (χ3v) is 12.7. The number of aryl methyl sites for hydroxylation is 1. The topological polar surface area (TPSA) is 126 Å². The summed E-state index contributed by atoms with van der Waals surface area (Å²) in [6.45, 7) is 7.41. The average Bonchev–Trinajstić information content (AvgIpc) is 3.43. The molecule has 1 atom stereocenters. The molecule has 1 aromatic heterocycles. The van der Waals surface area contributed by atoms with Crippen molar-refractivity contribution >= 4 is 46.2 Å². The van der Waals surface area contributed by atoms with Gasteiger partial charge in [0, 0.05) is 88.1 Å². The first kappa shape index (κ1) is 36.8. The largest absolute Gasteiger partial charge is 0.478 e. The molecule has 2 N–H and O–H groups in total. The van der Waals surface area contributed by atoms with Gasteiger partial charge in [-0.25, -0.2) is 4.79 Å². The summed E-state index contributed by atoms with van der Waals surface area (Å²) in [5.41, 5.74) is 11.2. The number of carbonyl (C=O) groups excluding carboxylic acids is 3. The summed E-state index contributed by atoms with van der Waals surface area (Å²) in [5.74, 6) is -1.03. The van der Waals surface area contributed by atoms with Crippen molar-refractivity contribution in [2.75, 3.05) is 55.6 Å². The Balaban J connectivity index is 0.806. The highest BCUT2D eigenvalue weighted by atomic mass is 16.4. The molecule has 3 amide bonds. The minimum absolute atomic E-state index is 0.132. The SMILES string of the molecule is O=C1CC[C@H](N2Cc3cc(N4CCN(CC5CCN(c6ccc(C7=C(c8ccncc8)CCCc8cc(C(=O)O)ccc87)cc6)CC5)CC4)ccc3C2=O)C(=O)N1. The van der Waals surface area contributed by atoms with Crippen LogP contribution in [0.5, 0.6) is 0 Å². The van der Waals surface area contributed by atoms with Crippen LogP contribution in [0, 0.1) is 5.92 Å². The molecule has 1 aliphatic carbocycles. The van der Waals surface area contributed by atoms with Crippen molar-refractivity contribution in [2.45, 2.75) is 57.5 Å². The first-order chi connectivity index (χ1) is 27.8. The fraction of sp³-hybridized carbons (Fsp3) is 0.370. The van der Waals surface area contributed by atoms with E-state index in [0.717, 1.165) is 111 Å². The Hall–Kier alpha value is -5.81.